The average molecular weight is 528 g/mol. The minimum Gasteiger partial charge on any atom is -0.478 e. The first-order valence-electron chi connectivity index (χ1n) is 12.6. The van der Waals surface area contributed by atoms with Crippen LogP contribution in [0.2, 0.25) is 0 Å². The predicted molar refractivity (Wildman–Crippen MR) is 145 cm³/mol. The highest BCUT2D eigenvalue weighted by atomic mass is 32.2. The summed E-state index contributed by atoms with van der Waals surface area (Å²) in [4.78, 5) is 16.8. The molecule has 37 heavy (non-hydrogen) atoms. The smallest absolute Gasteiger partial charge is 0.338 e. The number of benzene rings is 1. The number of nitrogens with zero attached hydrogens (tertiary/aromatic N) is 2. The summed E-state index contributed by atoms with van der Waals surface area (Å²) in [5, 5.41) is 10.5. The zero-order valence-corrected chi connectivity index (χ0v) is 22.7. The van der Waals surface area contributed by atoms with Gasteiger partial charge in [-0.15, -0.1) is 0 Å². The third-order valence-electron chi connectivity index (χ3n) is 6.71. The van der Waals surface area contributed by atoms with E-state index in [9.17, 15) is 22.7 Å². The molecule has 9 heteroatoms. The van der Waals surface area contributed by atoms with Crippen molar-refractivity contribution in [2.75, 3.05) is 10.5 Å². The quantitative estimate of drug-likeness (QED) is 0.313. The van der Waals surface area contributed by atoms with E-state index in [1.54, 1.807) is 18.2 Å². The van der Waals surface area contributed by atoms with Gasteiger partial charge in [-0.2, -0.15) is 0 Å². The zero-order chi connectivity index (χ0) is 27.1. The maximum atomic E-state index is 14.8. The molecule has 2 N–H and O–H groups in total. The number of fused-ring (bicyclic) bond motifs is 1. The summed E-state index contributed by atoms with van der Waals surface area (Å²) < 4.78 is 44.2. The number of carboxylic acid groups (broad SMARTS) is 1. The molecule has 0 radical (unpaired) electrons. The van der Waals surface area contributed by atoms with Gasteiger partial charge in [-0.1, -0.05) is 39.8 Å². The summed E-state index contributed by atoms with van der Waals surface area (Å²) in [6.45, 7) is 9.87. The van der Waals surface area contributed by atoms with Gasteiger partial charge >= 0.3 is 5.97 Å². The van der Waals surface area contributed by atoms with Crippen LogP contribution in [0.3, 0.4) is 0 Å². The van der Waals surface area contributed by atoms with E-state index < -0.39 is 21.8 Å². The number of carbonyl (C=O) groups is 1. The minimum absolute atomic E-state index is 0.00792. The SMILES string of the molecule is CCc1cc2c(cc1F)c(C(=O)O)c(-c1ccc(NS(=O)(=O)CC=CC(C)(C)C)nc1)n2C(C)C1CC1. The van der Waals surface area contributed by atoms with E-state index in [0.29, 0.717) is 40.1 Å². The van der Waals surface area contributed by atoms with Crippen molar-refractivity contribution in [2.24, 2.45) is 11.3 Å². The number of aryl methyl sites for hydroxylation is 1. The summed E-state index contributed by atoms with van der Waals surface area (Å²) in [5.74, 6) is -1.22. The Morgan fingerprint density at radius 2 is 2.00 bits per heavy atom. The first kappa shape index (κ1) is 26.9. The summed E-state index contributed by atoms with van der Waals surface area (Å²) in [5.41, 5.74) is 2.07. The van der Waals surface area contributed by atoms with Gasteiger partial charge in [0.2, 0.25) is 10.0 Å². The highest BCUT2D eigenvalue weighted by Gasteiger charge is 2.34. The molecule has 2 heterocycles. The number of hydrogen-bond donors (Lipinski definition) is 2. The number of nitrogens with one attached hydrogen (secondary N) is 1. The Hall–Kier alpha value is -3.20. The predicted octanol–water partition coefficient (Wildman–Crippen LogP) is 6.42. The van der Waals surface area contributed by atoms with Gasteiger partial charge in [-0.25, -0.2) is 22.6 Å². The fraction of sp³-hybridized carbons (Fsp3) is 0.429. The van der Waals surface area contributed by atoms with Crippen LogP contribution >= 0.6 is 0 Å². The number of halogens is 1. The number of sulfonamides is 1. The van der Waals surface area contributed by atoms with Crippen LogP contribution in [0.1, 0.15) is 69.4 Å². The van der Waals surface area contributed by atoms with E-state index in [4.69, 9.17) is 0 Å². The molecular weight excluding hydrogens is 493 g/mol. The van der Waals surface area contributed by atoms with Crippen LogP contribution in [0.25, 0.3) is 22.2 Å². The molecule has 0 amide bonds. The minimum atomic E-state index is -3.65. The molecule has 7 nitrogen and oxygen atoms in total. The average Bonchev–Trinajstić information content (AvgIpc) is 3.59. The van der Waals surface area contributed by atoms with E-state index in [1.807, 2.05) is 38.3 Å². The standard InChI is InChI=1S/C28H34FN3O4S/c1-6-18-14-23-21(15-22(18)29)25(27(33)34)26(32(23)17(2)19-8-9-19)20-10-11-24(30-16-20)31-37(35,36)13-7-12-28(3,4)5/h7,10-12,14-17,19H,6,8-9,13H2,1-5H3,(H,30,31)(H,33,34). The van der Waals surface area contributed by atoms with Crippen molar-refractivity contribution in [1.29, 1.82) is 0 Å². The highest BCUT2D eigenvalue weighted by molar-refractivity contribution is 7.92. The van der Waals surface area contributed by atoms with Crippen LogP contribution < -0.4 is 4.72 Å². The molecule has 0 bridgehead atoms. The van der Waals surface area contributed by atoms with Gasteiger partial charge in [-0.3, -0.25) is 4.72 Å². The van der Waals surface area contributed by atoms with Crippen LogP contribution in [0.4, 0.5) is 10.2 Å². The van der Waals surface area contributed by atoms with Crippen molar-refractivity contribution >= 4 is 32.7 Å². The van der Waals surface area contributed by atoms with Crippen molar-refractivity contribution in [3.8, 4) is 11.3 Å². The second-order valence-electron chi connectivity index (χ2n) is 10.9. The van der Waals surface area contributed by atoms with Gasteiger partial charge in [-0.05, 0) is 67.3 Å². The largest absolute Gasteiger partial charge is 0.478 e. The number of anilines is 1. The fourth-order valence-electron chi connectivity index (χ4n) is 4.68. The number of allylic oxidation sites excluding steroid dienone is 1. The highest BCUT2D eigenvalue weighted by Crippen LogP contribution is 2.45. The van der Waals surface area contributed by atoms with Crippen molar-refractivity contribution in [3.05, 3.63) is 59.6 Å². The number of aromatic carboxylic acids is 1. The van der Waals surface area contributed by atoms with E-state index in [2.05, 4.69) is 16.6 Å². The topological polar surface area (TPSA) is 101 Å². The molecule has 198 valence electrons. The van der Waals surface area contributed by atoms with Crippen LogP contribution in [0.15, 0.2) is 42.6 Å². The first-order chi connectivity index (χ1) is 17.3. The lowest BCUT2D eigenvalue weighted by molar-refractivity contribution is 0.0699. The molecule has 2 aromatic heterocycles. The van der Waals surface area contributed by atoms with Crippen molar-refractivity contribution < 1.29 is 22.7 Å². The molecular formula is C28H34FN3O4S. The van der Waals surface area contributed by atoms with Gasteiger partial charge in [0.1, 0.15) is 11.6 Å². The van der Waals surface area contributed by atoms with E-state index in [0.717, 1.165) is 12.8 Å². The number of pyridine rings is 1. The zero-order valence-electron chi connectivity index (χ0n) is 21.9. The first-order valence-corrected chi connectivity index (χ1v) is 14.2. The lowest BCUT2D eigenvalue weighted by atomic mass is 9.97. The maximum Gasteiger partial charge on any atom is 0.338 e. The molecule has 1 fully saturated rings. The van der Waals surface area contributed by atoms with Crippen molar-refractivity contribution in [3.63, 3.8) is 0 Å². The molecule has 1 aliphatic rings. The molecule has 1 saturated carbocycles. The van der Waals surface area contributed by atoms with E-state index in [1.165, 1.54) is 18.3 Å². The Morgan fingerprint density at radius 3 is 2.54 bits per heavy atom. The molecule has 0 aliphatic heterocycles. The van der Waals surface area contributed by atoms with Gasteiger partial charge in [0.25, 0.3) is 0 Å². The van der Waals surface area contributed by atoms with E-state index >= 15 is 0 Å². The third-order valence-corrected chi connectivity index (χ3v) is 7.86. The molecule has 0 saturated heterocycles. The normalized spacial score (nSPS) is 15.4. The Balaban J connectivity index is 1.77. The summed E-state index contributed by atoms with van der Waals surface area (Å²) in [6.07, 6.45) is 7.50. The Bertz CT molecular complexity index is 1460. The molecule has 1 atom stereocenters. The van der Waals surface area contributed by atoms with Crippen LogP contribution in [-0.4, -0.2) is 34.8 Å². The lowest BCUT2D eigenvalue weighted by Crippen LogP contribution is -2.16. The molecule has 1 aliphatic carbocycles. The number of hydrogen-bond acceptors (Lipinski definition) is 4. The monoisotopic (exact) mass is 527 g/mol. The molecule has 1 aromatic carbocycles. The van der Waals surface area contributed by atoms with Crippen LogP contribution in [-0.2, 0) is 16.4 Å². The van der Waals surface area contributed by atoms with Crippen molar-refractivity contribution in [2.45, 2.75) is 59.9 Å². The summed E-state index contributed by atoms with van der Waals surface area (Å²) >= 11 is 0. The number of aromatic nitrogens is 2. The lowest BCUT2D eigenvalue weighted by Gasteiger charge is -2.19. The van der Waals surface area contributed by atoms with Crippen molar-refractivity contribution in [1.82, 2.24) is 9.55 Å². The Labute approximate surface area is 217 Å². The van der Waals surface area contributed by atoms with Crippen LogP contribution in [0, 0.1) is 17.2 Å². The molecule has 3 aromatic rings. The van der Waals surface area contributed by atoms with Gasteiger partial charge in [0, 0.05) is 23.2 Å². The van der Waals surface area contributed by atoms with Gasteiger partial charge in [0.15, 0.2) is 0 Å². The maximum absolute atomic E-state index is 14.8. The summed E-state index contributed by atoms with van der Waals surface area (Å²) in [6, 6.07) is 6.25. The molecule has 0 spiro atoms. The second kappa shape index (κ2) is 9.93. The van der Waals surface area contributed by atoms with Gasteiger partial charge in [0.05, 0.1) is 22.5 Å². The number of carboxylic acids is 1. The Kier molecular flexibility index (Phi) is 7.21. The fourth-order valence-corrected chi connectivity index (χ4v) is 5.55. The van der Waals surface area contributed by atoms with Crippen LogP contribution in [0.5, 0.6) is 0 Å². The number of rotatable bonds is 9. The third kappa shape index (κ3) is 5.87. The summed E-state index contributed by atoms with van der Waals surface area (Å²) in [7, 11) is -3.65. The van der Waals surface area contributed by atoms with Gasteiger partial charge < -0.3 is 9.67 Å². The Morgan fingerprint density at radius 1 is 1.30 bits per heavy atom. The van der Waals surface area contributed by atoms with E-state index in [-0.39, 0.29) is 28.6 Å². The molecule has 4 rings (SSSR count). The molecule has 1 unspecified atom stereocenters. The second-order valence-corrected chi connectivity index (χ2v) is 12.6.